The van der Waals surface area contributed by atoms with Gasteiger partial charge in [-0.15, -0.1) is 0 Å². The summed E-state index contributed by atoms with van der Waals surface area (Å²) < 4.78 is 0. The van der Waals surface area contributed by atoms with Crippen molar-refractivity contribution in [3.8, 4) is 0 Å². The standard InChI is InChI=1S/C16H20N2O/c1-2-17-10-11-18-16(19)12-14-8-5-7-13-6-3-4-9-15(13)14/h3-9,17H,2,10-12H2,1H3,(H,18,19). The number of benzene rings is 2. The molecular weight excluding hydrogens is 236 g/mol. The Morgan fingerprint density at radius 2 is 1.84 bits per heavy atom. The third kappa shape index (κ3) is 3.80. The number of rotatable bonds is 6. The zero-order valence-electron chi connectivity index (χ0n) is 11.3. The molecule has 0 aliphatic carbocycles. The van der Waals surface area contributed by atoms with Crippen LogP contribution < -0.4 is 10.6 Å². The summed E-state index contributed by atoms with van der Waals surface area (Å²) in [5.74, 6) is 0.0780. The van der Waals surface area contributed by atoms with E-state index in [4.69, 9.17) is 0 Å². The number of hydrogen-bond acceptors (Lipinski definition) is 2. The lowest BCUT2D eigenvalue weighted by atomic mass is 10.0. The zero-order chi connectivity index (χ0) is 13.5. The molecule has 2 N–H and O–H groups in total. The summed E-state index contributed by atoms with van der Waals surface area (Å²) in [6, 6.07) is 14.3. The van der Waals surface area contributed by atoms with Crippen molar-refractivity contribution in [2.75, 3.05) is 19.6 Å². The number of hydrogen-bond donors (Lipinski definition) is 2. The van der Waals surface area contributed by atoms with Crippen molar-refractivity contribution >= 4 is 16.7 Å². The molecule has 19 heavy (non-hydrogen) atoms. The summed E-state index contributed by atoms with van der Waals surface area (Å²) in [4.78, 5) is 11.9. The van der Waals surface area contributed by atoms with Crippen molar-refractivity contribution in [2.45, 2.75) is 13.3 Å². The van der Waals surface area contributed by atoms with Crippen molar-refractivity contribution in [3.63, 3.8) is 0 Å². The van der Waals surface area contributed by atoms with Gasteiger partial charge in [0.1, 0.15) is 0 Å². The van der Waals surface area contributed by atoms with E-state index in [9.17, 15) is 4.79 Å². The van der Waals surface area contributed by atoms with Gasteiger partial charge in [0, 0.05) is 13.1 Å². The molecule has 3 nitrogen and oxygen atoms in total. The zero-order valence-corrected chi connectivity index (χ0v) is 11.3. The average molecular weight is 256 g/mol. The van der Waals surface area contributed by atoms with Crippen molar-refractivity contribution in [2.24, 2.45) is 0 Å². The van der Waals surface area contributed by atoms with Crippen molar-refractivity contribution in [1.82, 2.24) is 10.6 Å². The van der Waals surface area contributed by atoms with Crippen LogP contribution in [0, 0.1) is 0 Å². The maximum atomic E-state index is 11.9. The second kappa shape index (κ2) is 6.90. The fourth-order valence-electron chi connectivity index (χ4n) is 2.15. The highest BCUT2D eigenvalue weighted by Gasteiger charge is 2.05. The van der Waals surface area contributed by atoms with Gasteiger partial charge in [-0.05, 0) is 22.9 Å². The lowest BCUT2D eigenvalue weighted by Crippen LogP contribution is -2.32. The van der Waals surface area contributed by atoms with Gasteiger partial charge in [-0.1, -0.05) is 49.4 Å². The molecule has 0 heterocycles. The molecule has 0 aliphatic rings. The largest absolute Gasteiger partial charge is 0.355 e. The van der Waals surface area contributed by atoms with E-state index < -0.39 is 0 Å². The number of nitrogens with one attached hydrogen (secondary N) is 2. The Kier molecular flexibility index (Phi) is 4.93. The molecule has 0 fully saturated rings. The van der Waals surface area contributed by atoms with Gasteiger partial charge in [-0.2, -0.15) is 0 Å². The van der Waals surface area contributed by atoms with E-state index in [0.717, 1.165) is 24.0 Å². The first kappa shape index (κ1) is 13.6. The molecule has 0 saturated heterocycles. The predicted octanol–water partition coefficient (Wildman–Crippen LogP) is 2.11. The topological polar surface area (TPSA) is 41.1 Å². The average Bonchev–Trinajstić information content (AvgIpc) is 2.44. The van der Waals surface area contributed by atoms with Gasteiger partial charge in [-0.3, -0.25) is 4.79 Å². The van der Waals surface area contributed by atoms with Crippen LogP contribution >= 0.6 is 0 Å². The lowest BCUT2D eigenvalue weighted by Gasteiger charge is -2.08. The van der Waals surface area contributed by atoms with Gasteiger partial charge in [-0.25, -0.2) is 0 Å². The molecule has 100 valence electrons. The first-order chi connectivity index (χ1) is 9.31. The molecule has 0 aromatic heterocycles. The fraction of sp³-hybridized carbons (Fsp3) is 0.312. The minimum absolute atomic E-state index is 0.0780. The summed E-state index contributed by atoms with van der Waals surface area (Å²) in [7, 11) is 0. The van der Waals surface area contributed by atoms with E-state index in [2.05, 4.69) is 35.8 Å². The number of likely N-dealkylation sites (N-methyl/N-ethyl adjacent to an activating group) is 1. The van der Waals surface area contributed by atoms with Crippen LogP contribution in [0.5, 0.6) is 0 Å². The molecule has 0 unspecified atom stereocenters. The molecule has 0 spiro atoms. The molecule has 2 aromatic rings. The summed E-state index contributed by atoms with van der Waals surface area (Å²) >= 11 is 0. The van der Waals surface area contributed by atoms with Crippen LogP contribution in [-0.4, -0.2) is 25.5 Å². The predicted molar refractivity (Wildman–Crippen MR) is 79.2 cm³/mol. The Balaban J connectivity index is 1.99. The van der Waals surface area contributed by atoms with Crippen molar-refractivity contribution < 1.29 is 4.79 Å². The normalized spacial score (nSPS) is 10.6. The Labute approximate surface area is 114 Å². The molecule has 0 saturated carbocycles. The van der Waals surface area contributed by atoms with Crippen LogP contribution in [0.1, 0.15) is 12.5 Å². The molecule has 3 heteroatoms. The molecule has 1 amide bonds. The fourth-order valence-corrected chi connectivity index (χ4v) is 2.15. The summed E-state index contributed by atoms with van der Waals surface area (Å²) in [6.07, 6.45) is 0.438. The smallest absolute Gasteiger partial charge is 0.224 e. The van der Waals surface area contributed by atoms with Gasteiger partial charge in [0.2, 0.25) is 5.91 Å². The molecular formula is C16H20N2O. The maximum absolute atomic E-state index is 11.9. The number of amides is 1. The van der Waals surface area contributed by atoms with Crippen molar-refractivity contribution in [3.05, 3.63) is 48.0 Å². The lowest BCUT2D eigenvalue weighted by molar-refractivity contribution is -0.120. The highest BCUT2D eigenvalue weighted by atomic mass is 16.1. The van der Waals surface area contributed by atoms with Gasteiger partial charge in [0.25, 0.3) is 0 Å². The molecule has 0 bridgehead atoms. The Hall–Kier alpha value is -1.87. The molecule has 0 radical (unpaired) electrons. The Bertz CT molecular complexity index is 546. The van der Waals surface area contributed by atoms with Crippen LogP contribution in [0.2, 0.25) is 0 Å². The van der Waals surface area contributed by atoms with E-state index in [-0.39, 0.29) is 5.91 Å². The van der Waals surface area contributed by atoms with Crippen LogP contribution in [0.4, 0.5) is 0 Å². The molecule has 0 aliphatic heterocycles. The van der Waals surface area contributed by atoms with E-state index in [1.807, 2.05) is 24.3 Å². The molecule has 2 aromatic carbocycles. The minimum Gasteiger partial charge on any atom is -0.355 e. The highest BCUT2D eigenvalue weighted by molar-refractivity contribution is 5.90. The van der Waals surface area contributed by atoms with E-state index in [1.165, 1.54) is 5.39 Å². The maximum Gasteiger partial charge on any atom is 0.224 e. The number of carbonyl (C=O) groups is 1. The number of carbonyl (C=O) groups excluding carboxylic acids is 1. The summed E-state index contributed by atoms with van der Waals surface area (Å²) in [5.41, 5.74) is 1.08. The summed E-state index contributed by atoms with van der Waals surface area (Å²) in [6.45, 7) is 4.48. The first-order valence-corrected chi connectivity index (χ1v) is 6.75. The van der Waals surface area contributed by atoms with Crippen LogP contribution in [0.25, 0.3) is 10.8 Å². The second-order valence-electron chi connectivity index (χ2n) is 4.52. The van der Waals surface area contributed by atoms with Gasteiger partial charge >= 0.3 is 0 Å². The van der Waals surface area contributed by atoms with Crippen molar-refractivity contribution in [1.29, 1.82) is 0 Å². The quantitative estimate of drug-likeness (QED) is 0.777. The Morgan fingerprint density at radius 1 is 1.05 bits per heavy atom. The second-order valence-corrected chi connectivity index (χ2v) is 4.52. The minimum atomic E-state index is 0.0780. The van der Waals surface area contributed by atoms with E-state index in [1.54, 1.807) is 0 Å². The van der Waals surface area contributed by atoms with E-state index >= 15 is 0 Å². The molecule has 2 rings (SSSR count). The van der Waals surface area contributed by atoms with Gasteiger partial charge in [0.05, 0.1) is 6.42 Å². The highest BCUT2D eigenvalue weighted by Crippen LogP contribution is 2.18. The third-order valence-electron chi connectivity index (χ3n) is 3.10. The molecule has 0 atom stereocenters. The monoisotopic (exact) mass is 256 g/mol. The summed E-state index contributed by atoms with van der Waals surface area (Å²) in [5, 5.41) is 8.45. The van der Waals surface area contributed by atoms with Crippen LogP contribution in [-0.2, 0) is 11.2 Å². The van der Waals surface area contributed by atoms with E-state index in [0.29, 0.717) is 13.0 Å². The third-order valence-corrected chi connectivity index (χ3v) is 3.10. The van der Waals surface area contributed by atoms with Crippen LogP contribution in [0.3, 0.4) is 0 Å². The van der Waals surface area contributed by atoms with Crippen LogP contribution in [0.15, 0.2) is 42.5 Å². The van der Waals surface area contributed by atoms with Gasteiger partial charge in [0.15, 0.2) is 0 Å². The Morgan fingerprint density at radius 3 is 2.68 bits per heavy atom. The van der Waals surface area contributed by atoms with Gasteiger partial charge < -0.3 is 10.6 Å². The first-order valence-electron chi connectivity index (χ1n) is 6.75. The number of fused-ring (bicyclic) bond motifs is 1. The SMILES string of the molecule is CCNCCNC(=O)Cc1cccc2ccccc12.